The van der Waals surface area contributed by atoms with Crippen molar-refractivity contribution < 1.29 is 17.5 Å². The van der Waals surface area contributed by atoms with Crippen molar-refractivity contribution in [3.05, 3.63) is 59.9 Å². The van der Waals surface area contributed by atoms with E-state index in [-0.39, 0.29) is 11.6 Å². The summed E-state index contributed by atoms with van der Waals surface area (Å²) in [6, 6.07) is 13.6. The summed E-state index contributed by atoms with van der Waals surface area (Å²) in [6.45, 7) is 5.06. The zero-order chi connectivity index (χ0) is 20.7. The highest BCUT2D eigenvalue weighted by molar-refractivity contribution is 7.88. The molecule has 6 nitrogen and oxygen atoms in total. The Hall–Kier alpha value is -2.16. The number of halogens is 1. The first-order valence-corrected chi connectivity index (χ1v) is 11.4. The van der Waals surface area contributed by atoms with Crippen LogP contribution >= 0.6 is 0 Å². The SMILES string of the molecule is COc1ccc(N2CCN(CCCNS(=O)(=O)Cc3ccc(F)cc3)CC2)cc1. The van der Waals surface area contributed by atoms with E-state index in [1.54, 1.807) is 7.11 Å². The maximum Gasteiger partial charge on any atom is 0.215 e. The summed E-state index contributed by atoms with van der Waals surface area (Å²) in [5, 5.41) is 0. The summed E-state index contributed by atoms with van der Waals surface area (Å²) in [4.78, 5) is 4.70. The van der Waals surface area contributed by atoms with Crippen molar-refractivity contribution in [2.45, 2.75) is 12.2 Å². The molecule has 2 aromatic carbocycles. The van der Waals surface area contributed by atoms with Gasteiger partial charge in [0.25, 0.3) is 0 Å². The van der Waals surface area contributed by atoms with Crippen LogP contribution in [0.1, 0.15) is 12.0 Å². The van der Waals surface area contributed by atoms with E-state index in [0.717, 1.165) is 44.9 Å². The molecule has 1 saturated heterocycles. The number of hydrogen-bond donors (Lipinski definition) is 1. The molecule has 1 fully saturated rings. The van der Waals surface area contributed by atoms with Gasteiger partial charge < -0.3 is 9.64 Å². The van der Waals surface area contributed by atoms with Crippen LogP contribution in [0.15, 0.2) is 48.5 Å². The number of hydrogen-bond acceptors (Lipinski definition) is 5. The summed E-state index contributed by atoms with van der Waals surface area (Å²) < 4.78 is 45.0. The molecule has 1 N–H and O–H groups in total. The lowest BCUT2D eigenvalue weighted by Gasteiger charge is -2.36. The summed E-state index contributed by atoms with van der Waals surface area (Å²) in [6.07, 6.45) is 0.755. The number of piperazine rings is 1. The van der Waals surface area contributed by atoms with Gasteiger partial charge >= 0.3 is 0 Å². The van der Waals surface area contributed by atoms with Gasteiger partial charge in [0, 0.05) is 38.4 Å². The minimum atomic E-state index is -3.41. The van der Waals surface area contributed by atoms with Gasteiger partial charge in [0.2, 0.25) is 10.0 Å². The topological polar surface area (TPSA) is 61.9 Å². The quantitative estimate of drug-likeness (QED) is 0.631. The minimum absolute atomic E-state index is 0.131. The molecule has 0 radical (unpaired) electrons. The van der Waals surface area contributed by atoms with Gasteiger partial charge in [-0.1, -0.05) is 12.1 Å². The van der Waals surface area contributed by atoms with Crippen molar-refractivity contribution in [3.63, 3.8) is 0 Å². The maximum absolute atomic E-state index is 12.9. The number of sulfonamides is 1. The number of rotatable bonds is 9. The zero-order valence-electron chi connectivity index (χ0n) is 16.7. The lowest BCUT2D eigenvalue weighted by Crippen LogP contribution is -2.47. The van der Waals surface area contributed by atoms with Gasteiger partial charge in [0.05, 0.1) is 12.9 Å². The van der Waals surface area contributed by atoms with Crippen LogP contribution in [0.5, 0.6) is 5.75 Å². The average molecular weight is 422 g/mol. The van der Waals surface area contributed by atoms with Crippen LogP contribution in [-0.4, -0.2) is 59.7 Å². The molecule has 0 saturated carbocycles. The number of anilines is 1. The Bertz CT molecular complexity index is 865. The smallest absolute Gasteiger partial charge is 0.215 e. The molecule has 1 aliphatic rings. The van der Waals surface area contributed by atoms with Crippen molar-refractivity contribution in [2.24, 2.45) is 0 Å². The third kappa shape index (κ3) is 6.69. The Kier molecular flexibility index (Phi) is 7.46. The van der Waals surface area contributed by atoms with Gasteiger partial charge in [-0.15, -0.1) is 0 Å². The van der Waals surface area contributed by atoms with Gasteiger partial charge in [-0.25, -0.2) is 17.5 Å². The molecule has 0 unspecified atom stereocenters. The van der Waals surface area contributed by atoms with E-state index in [4.69, 9.17) is 4.74 Å². The molecular formula is C21H28FN3O3S. The van der Waals surface area contributed by atoms with Crippen LogP contribution in [0.25, 0.3) is 0 Å². The van der Waals surface area contributed by atoms with Gasteiger partial charge in [0.1, 0.15) is 11.6 Å². The summed E-state index contributed by atoms with van der Waals surface area (Å²) in [5.41, 5.74) is 1.77. The second kappa shape index (κ2) is 10.0. The highest BCUT2D eigenvalue weighted by atomic mass is 32.2. The molecule has 3 rings (SSSR count). The molecule has 0 aromatic heterocycles. The van der Waals surface area contributed by atoms with E-state index in [0.29, 0.717) is 12.1 Å². The summed E-state index contributed by atoms with van der Waals surface area (Å²) >= 11 is 0. The lowest BCUT2D eigenvalue weighted by molar-refractivity contribution is 0.255. The molecule has 29 heavy (non-hydrogen) atoms. The fraction of sp³-hybridized carbons (Fsp3) is 0.429. The molecule has 158 valence electrons. The predicted molar refractivity (Wildman–Crippen MR) is 113 cm³/mol. The van der Waals surface area contributed by atoms with Crippen LogP contribution in [0.2, 0.25) is 0 Å². The fourth-order valence-corrected chi connectivity index (χ4v) is 4.59. The Balaban J connectivity index is 1.35. The highest BCUT2D eigenvalue weighted by Crippen LogP contribution is 2.20. The van der Waals surface area contributed by atoms with Crippen LogP contribution in [0.4, 0.5) is 10.1 Å². The van der Waals surface area contributed by atoms with Crippen LogP contribution in [0.3, 0.4) is 0 Å². The lowest BCUT2D eigenvalue weighted by atomic mass is 10.2. The second-order valence-electron chi connectivity index (χ2n) is 7.16. The second-order valence-corrected chi connectivity index (χ2v) is 8.97. The van der Waals surface area contributed by atoms with Gasteiger partial charge in [-0.05, 0) is 54.9 Å². The van der Waals surface area contributed by atoms with Crippen LogP contribution < -0.4 is 14.4 Å². The third-order valence-corrected chi connectivity index (χ3v) is 6.41. The maximum atomic E-state index is 12.9. The molecule has 0 amide bonds. The monoisotopic (exact) mass is 421 g/mol. The fourth-order valence-electron chi connectivity index (χ4n) is 3.40. The summed E-state index contributed by atoms with van der Waals surface area (Å²) in [7, 11) is -1.75. The van der Waals surface area contributed by atoms with E-state index in [9.17, 15) is 12.8 Å². The molecule has 0 spiro atoms. The Morgan fingerprint density at radius 2 is 1.66 bits per heavy atom. The minimum Gasteiger partial charge on any atom is -0.497 e. The van der Waals surface area contributed by atoms with E-state index in [1.807, 2.05) is 12.1 Å². The Labute approximate surface area is 172 Å². The summed E-state index contributed by atoms with van der Waals surface area (Å²) in [5.74, 6) is 0.355. The van der Waals surface area contributed by atoms with E-state index >= 15 is 0 Å². The predicted octanol–water partition coefficient (Wildman–Crippen LogP) is 2.47. The van der Waals surface area contributed by atoms with Gasteiger partial charge in [0.15, 0.2) is 0 Å². The molecule has 0 aliphatic carbocycles. The van der Waals surface area contributed by atoms with Gasteiger partial charge in [-0.2, -0.15) is 0 Å². The van der Waals surface area contributed by atoms with Gasteiger partial charge in [-0.3, -0.25) is 4.90 Å². The molecule has 2 aromatic rings. The first-order chi connectivity index (χ1) is 13.9. The Morgan fingerprint density at radius 1 is 1.00 bits per heavy atom. The first kappa shape index (κ1) is 21.5. The number of nitrogens with zero attached hydrogens (tertiary/aromatic N) is 2. The molecule has 1 heterocycles. The van der Waals surface area contributed by atoms with Crippen LogP contribution in [0, 0.1) is 5.82 Å². The van der Waals surface area contributed by atoms with Crippen LogP contribution in [-0.2, 0) is 15.8 Å². The number of methoxy groups -OCH3 is 1. The zero-order valence-corrected chi connectivity index (χ0v) is 17.5. The number of nitrogens with one attached hydrogen (secondary N) is 1. The van der Waals surface area contributed by atoms with E-state index in [2.05, 4.69) is 26.7 Å². The highest BCUT2D eigenvalue weighted by Gasteiger charge is 2.17. The van der Waals surface area contributed by atoms with Crippen molar-refractivity contribution in [1.29, 1.82) is 0 Å². The largest absolute Gasteiger partial charge is 0.497 e. The third-order valence-electron chi connectivity index (χ3n) is 5.05. The normalized spacial score (nSPS) is 15.4. The first-order valence-electron chi connectivity index (χ1n) is 9.78. The van der Waals surface area contributed by atoms with E-state index < -0.39 is 10.0 Å². The number of benzene rings is 2. The Morgan fingerprint density at radius 3 is 2.28 bits per heavy atom. The standard InChI is InChI=1S/C21H28FN3O3S/c1-28-21-9-7-20(8-10-21)25-15-13-24(14-16-25)12-2-11-23-29(26,27)17-18-3-5-19(22)6-4-18/h3-10,23H,2,11-17H2,1H3. The molecule has 1 aliphatic heterocycles. The van der Waals surface area contributed by atoms with Crippen molar-refractivity contribution in [2.75, 3.05) is 51.3 Å². The molecule has 0 atom stereocenters. The average Bonchev–Trinajstić information content (AvgIpc) is 2.73. The molecular weight excluding hydrogens is 393 g/mol. The van der Waals surface area contributed by atoms with Crippen molar-refractivity contribution in [3.8, 4) is 5.75 Å². The van der Waals surface area contributed by atoms with Crippen molar-refractivity contribution in [1.82, 2.24) is 9.62 Å². The molecule has 0 bridgehead atoms. The molecule has 8 heteroatoms. The van der Waals surface area contributed by atoms with E-state index in [1.165, 1.54) is 30.0 Å². The number of ether oxygens (including phenoxy) is 1. The van der Waals surface area contributed by atoms with Crippen molar-refractivity contribution >= 4 is 15.7 Å².